The highest BCUT2D eigenvalue weighted by Gasteiger charge is 2.48. The Kier molecular flexibility index (Phi) is 2.75. The normalized spacial score (nSPS) is 13.3. The molecule has 0 N–H and O–H groups in total. The zero-order chi connectivity index (χ0) is 9.28. The fraction of sp³-hybridized carbons (Fsp3) is 0.875. The molecular weight excluding hydrogens is 150 g/mol. The minimum atomic E-state index is -2.89. The van der Waals surface area contributed by atoms with Gasteiger partial charge in [-0.1, -0.05) is 6.92 Å². The first-order valence-corrected chi connectivity index (χ1v) is 3.64. The number of hydrogen-bond donors (Lipinski definition) is 0. The molecule has 0 bridgehead atoms. The van der Waals surface area contributed by atoms with Gasteiger partial charge in [0.2, 0.25) is 0 Å². The molecular formula is C8H14F2O. The summed E-state index contributed by atoms with van der Waals surface area (Å²) in [6.45, 7) is 5.13. The van der Waals surface area contributed by atoms with Crippen molar-refractivity contribution in [3.8, 4) is 0 Å². The molecule has 0 saturated heterocycles. The monoisotopic (exact) mass is 164 g/mol. The van der Waals surface area contributed by atoms with Crippen LogP contribution in [0, 0.1) is 5.41 Å². The lowest BCUT2D eigenvalue weighted by molar-refractivity contribution is -0.151. The summed E-state index contributed by atoms with van der Waals surface area (Å²) in [7, 11) is 0. The topological polar surface area (TPSA) is 17.1 Å². The van der Waals surface area contributed by atoms with E-state index in [1.165, 1.54) is 27.7 Å². The second-order valence-corrected chi connectivity index (χ2v) is 3.24. The van der Waals surface area contributed by atoms with Crippen molar-refractivity contribution in [1.82, 2.24) is 0 Å². The van der Waals surface area contributed by atoms with E-state index in [1.54, 1.807) is 0 Å². The Balaban J connectivity index is 4.67. The largest absolute Gasteiger partial charge is 0.299 e. The molecule has 3 heteroatoms. The van der Waals surface area contributed by atoms with E-state index in [4.69, 9.17) is 0 Å². The number of hydrogen-bond acceptors (Lipinski definition) is 1. The summed E-state index contributed by atoms with van der Waals surface area (Å²) in [5.41, 5.74) is -1.53. The maximum atomic E-state index is 13.0. The molecule has 66 valence electrons. The van der Waals surface area contributed by atoms with Crippen LogP contribution >= 0.6 is 0 Å². The number of carbonyl (C=O) groups is 1. The van der Waals surface area contributed by atoms with Crippen molar-refractivity contribution in [2.75, 3.05) is 0 Å². The first-order valence-electron chi connectivity index (χ1n) is 3.64. The Hall–Kier alpha value is -0.470. The smallest absolute Gasteiger partial charge is 0.259 e. The molecule has 0 aliphatic rings. The molecule has 0 saturated carbocycles. The fourth-order valence-electron chi connectivity index (χ4n) is 0.699. The van der Waals surface area contributed by atoms with Crippen LogP contribution in [0.3, 0.4) is 0 Å². The molecule has 0 fully saturated rings. The molecule has 11 heavy (non-hydrogen) atoms. The zero-order valence-electron chi connectivity index (χ0n) is 7.37. The molecule has 0 amide bonds. The van der Waals surface area contributed by atoms with Gasteiger partial charge in [-0.2, -0.15) is 0 Å². The minimum Gasteiger partial charge on any atom is -0.299 e. The second-order valence-electron chi connectivity index (χ2n) is 3.24. The van der Waals surface area contributed by atoms with Crippen molar-refractivity contribution >= 4 is 5.78 Å². The number of ketones is 1. The Morgan fingerprint density at radius 3 is 1.82 bits per heavy atom. The summed E-state index contributed by atoms with van der Waals surface area (Å²) >= 11 is 0. The highest BCUT2D eigenvalue weighted by atomic mass is 19.3. The number of rotatable bonds is 3. The van der Waals surface area contributed by atoms with E-state index in [0.717, 1.165) is 0 Å². The lowest BCUT2D eigenvalue weighted by Crippen LogP contribution is -2.41. The van der Waals surface area contributed by atoms with Crippen molar-refractivity contribution in [1.29, 1.82) is 0 Å². The molecule has 0 heterocycles. The van der Waals surface area contributed by atoms with Gasteiger partial charge in [-0.15, -0.1) is 0 Å². The Labute approximate surface area is 65.8 Å². The van der Waals surface area contributed by atoms with Gasteiger partial charge in [0.1, 0.15) is 5.78 Å². The van der Waals surface area contributed by atoms with E-state index < -0.39 is 17.1 Å². The van der Waals surface area contributed by atoms with Gasteiger partial charge in [0.25, 0.3) is 5.92 Å². The molecule has 1 nitrogen and oxygen atoms in total. The minimum absolute atomic E-state index is 0.292. The van der Waals surface area contributed by atoms with Gasteiger partial charge in [0.05, 0.1) is 5.41 Å². The summed E-state index contributed by atoms with van der Waals surface area (Å²) < 4.78 is 25.9. The van der Waals surface area contributed by atoms with E-state index in [1.807, 2.05) is 0 Å². The first kappa shape index (κ1) is 10.5. The molecule has 0 spiro atoms. The molecule has 0 atom stereocenters. The summed E-state index contributed by atoms with van der Waals surface area (Å²) in [5, 5.41) is 0. The molecule has 0 aromatic carbocycles. The predicted molar refractivity (Wildman–Crippen MR) is 39.7 cm³/mol. The predicted octanol–water partition coefficient (Wildman–Crippen LogP) is 2.65. The van der Waals surface area contributed by atoms with Gasteiger partial charge >= 0.3 is 0 Å². The van der Waals surface area contributed by atoms with Crippen molar-refractivity contribution < 1.29 is 13.6 Å². The number of Topliss-reactive ketones (excluding diaryl/α,β-unsaturated/α-hetero) is 1. The van der Waals surface area contributed by atoms with Crippen LogP contribution in [-0.4, -0.2) is 11.7 Å². The molecule has 0 rings (SSSR count). The average molecular weight is 164 g/mol. The van der Waals surface area contributed by atoms with Crippen LogP contribution in [0.4, 0.5) is 8.78 Å². The highest BCUT2D eigenvalue weighted by Crippen LogP contribution is 2.39. The number of carbonyl (C=O) groups excluding carboxylic acids is 1. The van der Waals surface area contributed by atoms with Crippen LogP contribution in [0.2, 0.25) is 0 Å². The van der Waals surface area contributed by atoms with Crippen molar-refractivity contribution in [3.05, 3.63) is 0 Å². The SMILES string of the molecule is CCC(F)(F)C(C)(C)C(C)=O. The summed E-state index contributed by atoms with van der Waals surface area (Å²) in [6, 6.07) is 0. The maximum absolute atomic E-state index is 13.0. The second kappa shape index (κ2) is 2.88. The average Bonchev–Trinajstić information content (AvgIpc) is 1.87. The standard InChI is InChI=1S/C8H14F2O/c1-5-8(9,10)7(3,4)6(2)11/h5H2,1-4H3. The van der Waals surface area contributed by atoms with Gasteiger partial charge in [0.15, 0.2) is 0 Å². The Bertz CT molecular complexity index is 161. The van der Waals surface area contributed by atoms with Crippen LogP contribution in [0.1, 0.15) is 34.1 Å². The maximum Gasteiger partial charge on any atom is 0.259 e. The van der Waals surface area contributed by atoms with E-state index in [9.17, 15) is 13.6 Å². The lowest BCUT2D eigenvalue weighted by atomic mass is 9.80. The van der Waals surface area contributed by atoms with Gasteiger partial charge in [-0.25, -0.2) is 8.78 Å². The van der Waals surface area contributed by atoms with Crippen LogP contribution in [0.15, 0.2) is 0 Å². The fourth-order valence-corrected chi connectivity index (χ4v) is 0.699. The molecule has 0 unspecified atom stereocenters. The zero-order valence-corrected chi connectivity index (χ0v) is 7.37. The van der Waals surface area contributed by atoms with Crippen LogP contribution in [0.5, 0.6) is 0 Å². The van der Waals surface area contributed by atoms with E-state index in [-0.39, 0.29) is 6.42 Å². The first-order chi connectivity index (χ1) is 4.75. The van der Waals surface area contributed by atoms with Crippen molar-refractivity contribution in [3.63, 3.8) is 0 Å². The Morgan fingerprint density at radius 1 is 1.36 bits per heavy atom. The van der Waals surface area contributed by atoms with E-state index in [0.29, 0.717) is 0 Å². The number of halogens is 2. The lowest BCUT2D eigenvalue weighted by Gasteiger charge is -2.30. The highest BCUT2D eigenvalue weighted by molar-refractivity contribution is 5.82. The molecule has 0 aliphatic heterocycles. The van der Waals surface area contributed by atoms with Crippen LogP contribution < -0.4 is 0 Å². The molecule has 0 aromatic heterocycles. The number of alkyl halides is 2. The van der Waals surface area contributed by atoms with Crippen LogP contribution in [-0.2, 0) is 4.79 Å². The molecule has 0 aromatic rings. The third kappa shape index (κ3) is 1.76. The summed E-state index contributed by atoms with van der Waals surface area (Å²) in [4.78, 5) is 10.8. The Morgan fingerprint density at radius 2 is 1.73 bits per heavy atom. The van der Waals surface area contributed by atoms with Crippen molar-refractivity contribution in [2.24, 2.45) is 5.41 Å². The van der Waals surface area contributed by atoms with Gasteiger partial charge in [0, 0.05) is 6.42 Å². The van der Waals surface area contributed by atoms with Gasteiger partial charge in [-0.3, -0.25) is 4.79 Å². The van der Waals surface area contributed by atoms with Crippen LogP contribution in [0.25, 0.3) is 0 Å². The van der Waals surface area contributed by atoms with Crippen molar-refractivity contribution in [2.45, 2.75) is 40.0 Å². The van der Waals surface area contributed by atoms with E-state index in [2.05, 4.69) is 0 Å². The van der Waals surface area contributed by atoms with Gasteiger partial charge < -0.3 is 0 Å². The quantitative estimate of drug-likeness (QED) is 0.626. The summed E-state index contributed by atoms with van der Waals surface area (Å²) in [5.74, 6) is -3.36. The molecule has 0 radical (unpaired) electrons. The molecule has 0 aliphatic carbocycles. The van der Waals surface area contributed by atoms with Gasteiger partial charge in [-0.05, 0) is 20.8 Å². The third-order valence-corrected chi connectivity index (χ3v) is 2.24. The third-order valence-electron chi connectivity index (χ3n) is 2.24. The van der Waals surface area contributed by atoms with E-state index >= 15 is 0 Å². The summed E-state index contributed by atoms with van der Waals surface area (Å²) in [6.07, 6.45) is -0.292.